The summed E-state index contributed by atoms with van der Waals surface area (Å²) < 4.78 is 1.96. The van der Waals surface area contributed by atoms with E-state index in [1.54, 1.807) is 6.20 Å². The van der Waals surface area contributed by atoms with E-state index in [9.17, 15) is 4.79 Å². The molecule has 3 heterocycles. The first kappa shape index (κ1) is 24.4. The van der Waals surface area contributed by atoms with Crippen molar-refractivity contribution in [3.8, 4) is 0 Å². The number of carbonyl (C=O) groups is 1. The highest BCUT2D eigenvalue weighted by Crippen LogP contribution is 2.34. The van der Waals surface area contributed by atoms with Gasteiger partial charge in [0.25, 0.3) is 5.91 Å². The van der Waals surface area contributed by atoms with Crippen LogP contribution in [-0.2, 0) is 13.0 Å². The molecular formula is C24H33IN8O. The molecule has 0 radical (unpaired) electrons. The number of fused-ring (bicyclic) bond motifs is 1. The predicted molar refractivity (Wildman–Crippen MR) is 146 cm³/mol. The van der Waals surface area contributed by atoms with Crippen molar-refractivity contribution in [3.63, 3.8) is 0 Å². The van der Waals surface area contributed by atoms with Crippen molar-refractivity contribution < 1.29 is 6.22 Å². The lowest BCUT2D eigenvalue weighted by molar-refractivity contribution is 0.0943. The van der Waals surface area contributed by atoms with Crippen LogP contribution in [0.1, 0.15) is 55.6 Å². The van der Waals surface area contributed by atoms with Crippen molar-refractivity contribution >= 4 is 53.2 Å². The van der Waals surface area contributed by atoms with Crippen LogP contribution in [0.25, 0.3) is 0 Å². The second-order valence-corrected chi connectivity index (χ2v) is 9.22. The van der Waals surface area contributed by atoms with Crippen LogP contribution in [0.4, 0.5) is 23.3 Å². The Hall–Kier alpha value is -2.73. The van der Waals surface area contributed by atoms with E-state index < -0.39 is 0 Å². The Morgan fingerprint density at radius 1 is 1.18 bits per heavy atom. The van der Waals surface area contributed by atoms with Crippen LogP contribution in [0.15, 0.2) is 36.7 Å². The molecule has 0 saturated heterocycles. The Balaban J connectivity index is 0.00000171. The van der Waals surface area contributed by atoms with E-state index in [1.165, 1.54) is 11.1 Å². The molecule has 0 atom stereocenters. The number of anilines is 4. The first-order chi connectivity index (χ1) is 15.9. The second-order valence-electron chi connectivity index (χ2n) is 9.22. The molecule has 182 valence electrons. The maximum atomic E-state index is 12.8. The summed E-state index contributed by atoms with van der Waals surface area (Å²) in [5.74, 6) is 1.27. The quantitative estimate of drug-likeness (QED) is 0.357. The van der Waals surface area contributed by atoms with Crippen LogP contribution in [-0.4, -0.2) is 50.2 Å². The van der Waals surface area contributed by atoms with E-state index in [0.29, 0.717) is 29.2 Å². The molecule has 2 aromatic heterocycles. The van der Waals surface area contributed by atoms with Crippen molar-refractivity contribution in [1.82, 2.24) is 30.0 Å². The molecule has 5 rings (SSSR count). The largest absolute Gasteiger partial charge is 0.350 e. The average Bonchev–Trinajstić information content (AvgIpc) is 3.52. The van der Waals surface area contributed by atoms with Gasteiger partial charge in [-0.15, -0.1) is 24.0 Å². The van der Waals surface area contributed by atoms with Gasteiger partial charge in [0.1, 0.15) is 11.4 Å². The third-order valence-corrected chi connectivity index (χ3v) is 5.89. The fourth-order valence-electron chi connectivity index (χ4n) is 4.02. The molecule has 1 amide bonds. The van der Waals surface area contributed by atoms with E-state index in [4.69, 9.17) is 0 Å². The molecule has 2 aliphatic rings. The zero-order valence-corrected chi connectivity index (χ0v) is 22.0. The van der Waals surface area contributed by atoms with Gasteiger partial charge in [-0.05, 0) is 63.4 Å². The van der Waals surface area contributed by atoms with E-state index in [-0.39, 0.29) is 37.4 Å². The molecule has 34 heavy (non-hydrogen) atoms. The highest BCUT2D eigenvalue weighted by Gasteiger charge is 2.24. The van der Waals surface area contributed by atoms with Crippen molar-refractivity contribution in [2.24, 2.45) is 0 Å². The summed E-state index contributed by atoms with van der Waals surface area (Å²) in [4.78, 5) is 24.1. The van der Waals surface area contributed by atoms with Crippen LogP contribution in [0.2, 0.25) is 0 Å². The van der Waals surface area contributed by atoms with Crippen LogP contribution in [0.5, 0.6) is 0 Å². The first-order valence-corrected chi connectivity index (χ1v) is 11.5. The lowest BCUT2D eigenvalue weighted by Gasteiger charge is -2.25. The van der Waals surface area contributed by atoms with Crippen LogP contribution >= 0.6 is 24.0 Å². The molecule has 0 spiro atoms. The van der Waals surface area contributed by atoms with Gasteiger partial charge < -0.3 is 20.9 Å². The Morgan fingerprint density at radius 3 is 2.76 bits per heavy atom. The molecule has 9 nitrogen and oxygen atoms in total. The Morgan fingerprint density at radius 2 is 2.00 bits per heavy atom. The highest BCUT2D eigenvalue weighted by atomic mass is 127. The van der Waals surface area contributed by atoms with E-state index in [2.05, 4.69) is 61.2 Å². The van der Waals surface area contributed by atoms with Gasteiger partial charge in [-0.1, -0.05) is 6.07 Å². The molecule has 1 aliphatic carbocycles. The Labute approximate surface area is 218 Å². The average molecular weight is 576 g/mol. The summed E-state index contributed by atoms with van der Waals surface area (Å²) >= 11 is 0. The van der Waals surface area contributed by atoms with Crippen LogP contribution in [0.3, 0.4) is 0 Å². The molecule has 1 fully saturated rings. The maximum Gasteiger partial charge on any atom is 0.256 e. The number of aromatic nitrogens is 4. The van der Waals surface area contributed by atoms with Crippen LogP contribution in [0, 0.1) is 0 Å². The lowest BCUT2D eigenvalue weighted by atomic mass is 9.99. The Kier molecular flexibility index (Phi) is 7.36. The summed E-state index contributed by atoms with van der Waals surface area (Å²) in [6, 6.07) is 8.76. The van der Waals surface area contributed by atoms with Gasteiger partial charge in [0.05, 0.1) is 6.04 Å². The zero-order chi connectivity index (χ0) is 22.9. The van der Waals surface area contributed by atoms with Crippen molar-refractivity contribution in [3.05, 3.63) is 53.3 Å². The molecular weight excluding hydrogens is 543 g/mol. The number of likely N-dealkylation sites (N-methyl/N-ethyl adjacent to an activating group) is 1. The lowest BCUT2D eigenvalue weighted by Crippen LogP contribution is -2.31. The summed E-state index contributed by atoms with van der Waals surface area (Å²) in [6.07, 6.45) is 6.88. The van der Waals surface area contributed by atoms with E-state index >= 15 is 0 Å². The first-order valence-electron chi connectivity index (χ1n) is 11.5. The maximum absolute atomic E-state index is 12.8. The summed E-state index contributed by atoms with van der Waals surface area (Å²) in [7, 11) is 2.13. The summed E-state index contributed by atoms with van der Waals surface area (Å²) in [5, 5.41) is 14.0. The minimum Gasteiger partial charge on any atom is -0.350 e. The smallest absolute Gasteiger partial charge is 0.256 e. The third-order valence-electron chi connectivity index (χ3n) is 5.89. The second kappa shape index (κ2) is 10.3. The summed E-state index contributed by atoms with van der Waals surface area (Å²) in [6.45, 7) is 5.85. The van der Waals surface area contributed by atoms with Gasteiger partial charge >= 0.3 is 0 Å². The standard InChI is InChI=1S/C24H30N8O.HI.H2/c1-15(2)26-23(33)20-13-25-24(27-18-5-4-16-8-10-31(3)14-17(16)12-18)29-22(20)28-21-9-11-32(30-21)19-6-7-19;;/h4-5,9,11-13,15,19H,6-8,10,14H2,1-3H3,(H,26,33)(H2,25,27,28,29,30);2*1H. The third kappa shape index (κ3) is 5.66. The molecule has 3 aromatic rings. The fourth-order valence-corrected chi connectivity index (χ4v) is 4.02. The van der Waals surface area contributed by atoms with Gasteiger partial charge in [-0.2, -0.15) is 10.1 Å². The summed E-state index contributed by atoms with van der Waals surface area (Å²) in [5.41, 5.74) is 3.99. The predicted octanol–water partition coefficient (Wildman–Crippen LogP) is 4.49. The molecule has 1 saturated carbocycles. The highest BCUT2D eigenvalue weighted by molar-refractivity contribution is 14.0. The van der Waals surface area contributed by atoms with Crippen molar-refractivity contribution in [2.45, 2.75) is 51.7 Å². The van der Waals surface area contributed by atoms with Gasteiger partial charge in [0, 0.05) is 44.7 Å². The van der Waals surface area contributed by atoms with Gasteiger partial charge in [-0.3, -0.25) is 9.48 Å². The van der Waals surface area contributed by atoms with E-state index in [1.807, 2.05) is 30.8 Å². The number of halogens is 1. The van der Waals surface area contributed by atoms with Gasteiger partial charge in [0.15, 0.2) is 5.82 Å². The number of rotatable bonds is 7. The molecule has 0 bridgehead atoms. The van der Waals surface area contributed by atoms with Crippen LogP contribution < -0.4 is 16.0 Å². The van der Waals surface area contributed by atoms with Crippen molar-refractivity contribution in [1.29, 1.82) is 0 Å². The monoisotopic (exact) mass is 576 g/mol. The Bertz CT molecular complexity index is 1180. The number of carbonyl (C=O) groups excluding carboxylic acids is 1. The van der Waals surface area contributed by atoms with E-state index in [0.717, 1.165) is 38.0 Å². The number of benzene rings is 1. The molecule has 1 aliphatic heterocycles. The number of nitrogens with zero attached hydrogens (tertiary/aromatic N) is 5. The number of nitrogens with one attached hydrogen (secondary N) is 3. The fraction of sp³-hybridized carbons (Fsp3) is 0.417. The van der Waals surface area contributed by atoms with Crippen molar-refractivity contribution in [2.75, 3.05) is 24.2 Å². The normalized spacial score (nSPS) is 15.4. The number of amides is 1. The molecule has 3 N–H and O–H groups in total. The number of hydrogen-bond acceptors (Lipinski definition) is 7. The molecule has 10 heteroatoms. The molecule has 1 aromatic carbocycles. The molecule has 0 unspecified atom stereocenters. The zero-order valence-electron chi connectivity index (χ0n) is 19.7. The topological polar surface area (TPSA) is 100 Å². The minimum absolute atomic E-state index is 0. The minimum atomic E-state index is -0.225. The van der Waals surface area contributed by atoms with Gasteiger partial charge in [-0.25, -0.2) is 4.98 Å². The van der Waals surface area contributed by atoms with Gasteiger partial charge in [0.2, 0.25) is 5.95 Å². The number of hydrogen-bond donors (Lipinski definition) is 3. The SMILES string of the molecule is CC(C)NC(=O)c1cnc(Nc2ccc3c(c2)CN(C)CC3)nc1Nc1ccn(C2CC2)n1.I.[HH].